The van der Waals surface area contributed by atoms with Crippen LogP contribution >= 0.6 is 0 Å². The summed E-state index contributed by atoms with van der Waals surface area (Å²) in [5.41, 5.74) is 1.58. The number of carboxylic acids is 1. The summed E-state index contributed by atoms with van der Waals surface area (Å²) < 4.78 is 2.18. The molecule has 0 unspecified atom stereocenters. The molecule has 0 radical (unpaired) electrons. The van der Waals surface area contributed by atoms with Gasteiger partial charge in [-0.3, -0.25) is 0 Å². The Morgan fingerprint density at radius 1 is 1.35 bits per heavy atom. The van der Waals surface area contributed by atoms with Gasteiger partial charge in [-0.15, -0.1) is 0 Å². The first-order valence-corrected chi connectivity index (χ1v) is 7.66. The van der Waals surface area contributed by atoms with Gasteiger partial charge in [-0.1, -0.05) is 19.3 Å². The van der Waals surface area contributed by atoms with Crippen molar-refractivity contribution in [1.82, 2.24) is 9.47 Å². The van der Waals surface area contributed by atoms with E-state index >= 15 is 0 Å². The molecule has 0 atom stereocenters. The van der Waals surface area contributed by atoms with Crippen molar-refractivity contribution in [2.24, 2.45) is 0 Å². The van der Waals surface area contributed by atoms with Crippen LogP contribution in [0.15, 0.2) is 12.3 Å². The van der Waals surface area contributed by atoms with Crippen LogP contribution in [0.4, 0.5) is 0 Å². The van der Waals surface area contributed by atoms with E-state index in [9.17, 15) is 9.90 Å². The number of aromatic nitrogens is 1. The highest BCUT2D eigenvalue weighted by molar-refractivity contribution is 5.89. The SMILES string of the molecule is CN(C)CCCn1ccc(C(=O)O)c1C1CCCCC1. The van der Waals surface area contributed by atoms with Crippen LogP contribution in [0, 0.1) is 0 Å². The van der Waals surface area contributed by atoms with Gasteiger partial charge in [0.2, 0.25) is 0 Å². The van der Waals surface area contributed by atoms with E-state index in [4.69, 9.17) is 0 Å². The van der Waals surface area contributed by atoms with E-state index in [1.165, 1.54) is 19.3 Å². The highest BCUT2D eigenvalue weighted by Gasteiger charge is 2.24. The molecule has 1 aliphatic carbocycles. The Labute approximate surface area is 121 Å². The minimum Gasteiger partial charge on any atom is -0.478 e. The maximum absolute atomic E-state index is 11.4. The van der Waals surface area contributed by atoms with Crippen LogP contribution < -0.4 is 0 Å². The average Bonchev–Trinajstić information content (AvgIpc) is 2.83. The second kappa shape index (κ2) is 6.93. The number of aromatic carboxylic acids is 1. The Bertz CT molecular complexity index is 445. The zero-order chi connectivity index (χ0) is 14.5. The van der Waals surface area contributed by atoms with Crippen LogP contribution in [0.3, 0.4) is 0 Å². The van der Waals surface area contributed by atoms with Gasteiger partial charge >= 0.3 is 5.97 Å². The Kier molecular flexibility index (Phi) is 5.24. The summed E-state index contributed by atoms with van der Waals surface area (Å²) in [6.07, 6.45) is 9.04. The third-order valence-corrected chi connectivity index (χ3v) is 4.23. The summed E-state index contributed by atoms with van der Waals surface area (Å²) in [7, 11) is 4.14. The molecule has 1 fully saturated rings. The smallest absolute Gasteiger partial charge is 0.337 e. The van der Waals surface area contributed by atoms with Gasteiger partial charge in [-0.25, -0.2) is 4.79 Å². The molecule has 4 heteroatoms. The Hall–Kier alpha value is -1.29. The molecule has 0 amide bonds. The van der Waals surface area contributed by atoms with E-state index in [1.807, 2.05) is 6.20 Å². The van der Waals surface area contributed by atoms with Gasteiger partial charge in [0, 0.05) is 24.4 Å². The fourth-order valence-corrected chi connectivity index (χ4v) is 3.25. The van der Waals surface area contributed by atoms with Crippen molar-refractivity contribution < 1.29 is 9.90 Å². The molecule has 0 aliphatic heterocycles. The lowest BCUT2D eigenvalue weighted by molar-refractivity contribution is 0.0694. The molecule has 2 rings (SSSR count). The van der Waals surface area contributed by atoms with Crippen molar-refractivity contribution >= 4 is 5.97 Å². The number of aryl methyl sites for hydroxylation is 1. The first-order chi connectivity index (χ1) is 9.59. The van der Waals surface area contributed by atoms with E-state index in [1.54, 1.807) is 6.07 Å². The molecule has 1 aromatic heterocycles. The van der Waals surface area contributed by atoms with Gasteiger partial charge < -0.3 is 14.6 Å². The Morgan fingerprint density at radius 3 is 2.65 bits per heavy atom. The summed E-state index contributed by atoms with van der Waals surface area (Å²) in [6.45, 7) is 1.95. The first kappa shape index (κ1) is 15.1. The van der Waals surface area contributed by atoms with Crippen molar-refractivity contribution in [3.63, 3.8) is 0 Å². The second-order valence-electron chi connectivity index (χ2n) is 6.10. The van der Waals surface area contributed by atoms with Crippen LogP contribution in [-0.4, -0.2) is 41.2 Å². The van der Waals surface area contributed by atoms with Crippen LogP contribution in [0.1, 0.15) is 60.5 Å². The third-order valence-electron chi connectivity index (χ3n) is 4.23. The maximum atomic E-state index is 11.4. The highest BCUT2D eigenvalue weighted by atomic mass is 16.4. The van der Waals surface area contributed by atoms with Gasteiger partial charge in [-0.2, -0.15) is 0 Å². The number of nitrogens with zero attached hydrogens (tertiary/aromatic N) is 2. The molecule has 1 aromatic rings. The monoisotopic (exact) mass is 278 g/mol. The van der Waals surface area contributed by atoms with Gasteiger partial charge in [0.15, 0.2) is 0 Å². The third kappa shape index (κ3) is 3.63. The zero-order valence-corrected chi connectivity index (χ0v) is 12.6. The topological polar surface area (TPSA) is 45.5 Å². The summed E-state index contributed by atoms with van der Waals surface area (Å²) in [5.74, 6) is -0.346. The van der Waals surface area contributed by atoms with Crippen LogP contribution in [0.25, 0.3) is 0 Å². The molecule has 0 bridgehead atoms. The highest BCUT2D eigenvalue weighted by Crippen LogP contribution is 2.35. The van der Waals surface area contributed by atoms with Gasteiger partial charge in [-0.05, 0) is 46.0 Å². The van der Waals surface area contributed by atoms with Gasteiger partial charge in [0.25, 0.3) is 0 Å². The maximum Gasteiger partial charge on any atom is 0.337 e. The lowest BCUT2D eigenvalue weighted by atomic mass is 9.85. The molecule has 4 nitrogen and oxygen atoms in total. The normalized spacial score (nSPS) is 16.8. The average molecular weight is 278 g/mol. The molecule has 0 aromatic carbocycles. The van der Waals surface area contributed by atoms with E-state index in [0.717, 1.165) is 38.0 Å². The summed E-state index contributed by atoms with van der Waals surface area (Å²) >= 11 is 0. The predicted octanol–water partition coefficient (Wildman–Crippen LogP) is 3.19. The molecule has 0 saturated heterocycles. The molecule has 1 aliphatic rings. The molecule has 20 heavy (non-hydrogen) atoms. The second-order valence-corrected chi connectivity index (χ2v) is 6.10. The van der Waals surface area contributed by atoms with E-state index < -0.39 is 5.97 Å². The predicted molar refractivity (Wildman–Crippen MR) is 80.4 cm³/mol. The minimum atomic E-state index is -0.781. The van der Waals surface area contributed by atoms with Crippen molar-refractivity contribution in [1.29, 1.82) is 0 Å². The number of hydrogen-bond acceptors (Lipinski definition) is 2. The molecule has 1 N–H and O–H groups in total. The van der Waals surface area contributed by atoms with Crippen LogP contribution in [0.2, 0.25) is 0 Å². The fraction of sp³-hybridized carbons (Fsp3) is 0.688. The van der Waals surface area contributed by atoms with Gasteiger partial charge in [0.05, 0.1) is 5.56 Å². The van der Waals surface area contributed by atoms with E-state index in [-0.39, 0.29) is 0 Å². The molecule has 1 saturated carbocycles. The minimum absolute atomic E-state index is 0.434. The summed E-state index contributed by atoms with van der Waals surface area (Å²) in [4.78, 5) is 13.6. The van der Waals surface area contributed by atoms with Crippen LogP contribution in [-0.2, 0) is 6.54 Å². The molecule has 0 spiro atoms. The number of hydrogen-bond donors (Lipinski definition) is 1. The van der Waals surface area contributed by atoms with Crippen molar-refractivity contribution in [3.05, 3.63) is 23.5 Å². The molecule has 112 valence electrons. The molecular formula is C16H26N2O2. The molecular weight excluding hydrogens is 252 g/mol. The number of carboxylic acid groups (broad SMARTS) is 1. The lowest BCUT2D eigenvalue weighted by Gasteiger charge is -2.24. The largest absolute Gasteiger partial charge is 0.478 e. The lowest BCUT2D eigenvalue weighted by Crippen LogP contribution is -2.18. The quantitative estimate of drug-likeness (QED) is 0.869. The Balaban J connectivity index is 2.15. The summed E-state index contributed by atoms with van der Waals surface area (Å²) in [6, 6.07) is 1.78. The van der Waals surface area contributed by atoms with E-state index in [0.29, 0.717) is 11.5 Å². The van der Waals surface area contributed by atoms with Crippen molar-refractivity contribution in [3.8, 4) is 0 Å². The standard InChI is InChI=1S/C16H26N2O2/c1-17(2)10-6-11-18-12-9-14(16(19)20)15(18)13-7-4-3-5-8-13/h9,12-13H,3-8,10-11H2,1-2H3,(H,19,20). The van der Waals surface area contributed by atoms with Gasteiger partial charge in [0.1, 0.15) is 0 Å². The van der Waals surface area contributed by atoms with E-state index in [2.05, 4.69) is 23.6 Å². The fourth-order valence-electron chi connectivity index (χ4n) is 3.25. The van der Waals surface area contributed by atoms with Crippen LogP contribution in [0.5, 0.6) is 0 Å². The first-order valence-electron chi connectivity index (χ1n) is 7.66. The Morgan fingerprint density at radius 2 is 2.05 bits per heavy atom. The number of carbonyl (C=O) groups is 1. The summed E-state index contributed by atoms with van der Waals surface area (Å²) in [5, 5.41) is 9.40. The number of rotatable bonds is 6. The van der Waals surface area contributed by atoms with Crippen molar-refractivity contribution in [2.45, 2.75) is 51.0 Å². The zero-order valence-electron chi connectivity index (χ0n) is 12.6. The molecule has 1 heterocycles. The van der Waals surface area contributed by atoms with Crippen molar-refractivity contribution in [2.75, 3.05) is 20.6 Å².